The Kier molecular flexibility index (Phi) is 3.82. The van der Waals surface area contributed by atoms with Crippen LogP contribution >= 0.6 is 15.9 Å². The van der Waals surface area contributed by atoms with Crippen molar-refractivity contribution >= 4 is 15.9 Å². The molecule has 2 aromatic rings. The second kappa shape index (κ2) is 5.20. The van der Waals surface area contributed by atoms with Crippen LogP contribution in [0.2, 0.25) is 0 Å². The molecule has 1 aromatic carbocycles. The first-order valence-corrected chi connectivity index (χ1v) is 6.70. The number of aryl methyl sites for hydroxylation is 1. The van der Waals surface area contributed by atoms with Gasteiger partial charge in [0.15, 0.2) is 0 Å². The molecule has 0 aliphatic heterocycles. The fourth-order valence-electron chi connectivity index (χ4n) is 1.96. The molecule has 0 spiro atoms. The summed E-state index contributed by atoms with van der Waals surface area (Å²) in [4.78, 5) is 0. The Morgan fingerprint density at radius 1 is 1.33 bits per heavy atom. The number of hydrogen-bond acceptors (Lipinski definition) is 3. The normalized spacial score (nSPS) is 12.7. The van der Waals surface area contributed by atoms with E-state index in [0.29, 0.717) is 0 Å². The molecule has 18 heavy (non-hydrogen) atoms. The number of aromatic nitrogens is 3. The molecule has 1 atom stereocenters. The zero-order chi connectivity index (χ0) is 13.3. The van der Waals surface area contributed by atoms with Crippen LogP contribution < -0.4 is 5.32 Å². The molecule has 4 nitrogen and oxygen atoms in total. The van der Waals surface area contributed by atoms with Gasteiger partial charge in [-0.15, -0.1) is 5.10 Å². The van der Waals surface area contributed by atoms with Gasteiger partial charge in [-0.05, 0) is 51.6 Å². The van der Waals surface area contributed by atoms with E-state index in [1.165, 1.54) is 5.56 Å². The van der Waals surface area contributed by atoms with Crippen LogP contribution in [0, 0.1) is 13.8 Å². The first-order valence-electron chi connectivity index (χ1n) is 5.90. The summed E-state index contributed by atoms with van der Waals surface area (Å²) in [6.07, 6.45) is 0. The minimum Gasteiger partial charge on any atom is -0.312 e. The maximum absolute atomic E-state index is 4.27. The van der Waals surface area contributed by atoms with E-state index in [1.807, 2.05) is 24.7 Å². The smallest absolute Gasteiger partial charge is 0.103 e. The first kappa shape index (κ1) is 13.2. The molecule has 0 amide bonds. The van der Waals surface area contributed by atoms with Crippen LogP contribution in [-0.4, -0.2) is 22.0 Å². The Bertz CT molecular complexity index is 562. The van der Waals surface area contributed by atoms with E-state index >= 15 is 0 Å². The molecule has 1 N–H and O–H groups in total. The third-order valence-electron chi connectivity index (χ3n) is 3.16. The lowest BCUT2D eigenvalue weighted by Gasteiger charge is -2.10. The average molecular weight is 309 g/mol. The molecule has 1 unspecified atom stereocenters. The maximum Gasteiger partial charge on any atom is 0.103 e. The minimum atomic E-state index is 0.203. The highest BCUT2D eigenvalue weighted by atomic mass is 79.9. The van der Waals surface area contributed by atoms with Crippen LogP contribution in [0.15, 0.2) is 22.7 Å². The van der Waals surface area contributed by atoms with Crippen molar-refractivity contribution in [1.29, 1.82) is 0 Å². The van der Waals surface area contributed by atoms with Crippen molar-refractivity contribution in [2.45, 2.75) is 26.8 Å². The van der Waals surface area contributed by atoms with Gasteiger partial charge in [-0.2, -0.15) is 0 Å². The van der Waals surface area contributed by atoms with E-state index in [2.05, 4.69) is 57.5 Å². The van der Waals surface area contributed by atoms with Crippen LogP contribution in [0.25, 0.3) is 5.69 Å². The van der Waals surface area contributed by atoms with Gasteiger partial charge in [0.25, 0.3) is 0 Å². The summed E-state index contributed by atoms with van der Waals surface area (Å²) in [5.74, 6) is 0. The molecule has 0 aliphatic carbocycles. The number of nitrogens with one attached hydrogen (secondary N) is 1. The van der Waals surface area contributed by atoms with Crippen LogP contribution in [-0.2, 0) is 0 Å². The zero-order valence-corrected chi connectivity index (χ0v) is 12.6. The van der Waals surface area contributed by atoms with Crippen molar-refractivity contribution < 1.29 is 0 Å². The van der Waals surface area contributed by atoms with E-state index in [4.69, 9.17) is 0 Å². The predicted molar refractivity (Wildman–Crippen MR) is 76.0 cm³/mol. The lowest BCUT2D eigenvalue weighted by Crippen LogP contribution is -2.14. The number of nitrogens with zero attached hydrogens (tertiary/aromatic N) is 3. The Morgan fingerprint density at radius 3 is 2.67 bits per heavy atom. The molecule has 0 aliphatic rings. The van der Waals surface area contributed by atoms with Crippen LogP contribution in [0.3, 0.4) is 0 Å². The van der Waals surface area contributed by atoms with Gasteiger partial charge in [-0.25, -0.2) is 4.68 Å². The minimum absolute atomic E-state index is 0.203. The van der Waals surface area contributed by atoms with Crippen molar-refractivity contribution in [3.63, 3.8) is 0 Å². The van der Waals surface area contributed by atoms with Gasteiger partial charge in [-0.1, -0.05) is 21.1 Å². The van der Waals surface area contributed by atoms with E-state index in [1.54, 1.807) is 0 Å². The molecule has 1 heterocycles. The molecule has 1 aromatic heterocycles. The molecule has 0 saturated carbocycles. The Hall–Kier alpha value is -1.20. The standard InChI is InChI=1S/C13H17BrN4/c1-8-7-11(14)5-6-12(8)18-10(3)13(16-17-18)9(2)15-4/h5-7,9,15H,1-4H3. The van der Waals surface area contributed by atoms with Gasteiger partial charge < -0.3 is 5.32 Å². The second-order valence-electron chi connectivity index (χ2n) is 4.41. The first-order chi connectivity index (χ1) is 8.54. The Balaban J connectivity index is 2.49. The number of hydrogen-bond donors (Lipinski definition) is 1. The van der Waals surface area contributed by atoms with Crippen molar-refractivity contribution in [3.8, 4) is 5.69 Å². The van der Waals surface area contributed by atoms with Gasteiger partial charge in [-0.3, -0.25) is 0 Å². The molecular weight excluding hydrogens is 292 g/mol. The summed E-state index contributed by atoms with van der Waals surface area (Å²) in [5, 5.41) is 11.7. The van der Waals surface area contributed by atoms with E-state index < -0.39 is 0 Å². The van der Waals surface area contributed by atoms with Crippen LogP contribution in [0.4, 0.5) is 0 Å². The molecule has 0 bridgehead atoms. The fraction of sp³-hybridized carbons (Fsp3) is 0.385. The number of benzene rings is 1. The molecule has 0 fully saturated rings. The van der Waals surface area contributed by atoms with E-state index in [-0.39, 0.29) is 6.04 Å². The third-order valence-corrected chi connectivity index (χ3v) is 3.65. The Morgan fingerprint density at radius 2 is 2.06 bits per heavy atom. The van der Waals surface area contributed by atoms with Crippen molar-refractivity contribution in [3.05, 3.63) is 39.6 Å². The summed E-state index contributed by atoms with van der Waals surface area (Å²) in [5.41, 5.74) is 4.29. The lowest BCUT2D eigenvalue weighted by atomic mass is 10.1. The fourth-order valence-corrected chi connectivity index (χ4v) is 2.44. The summed E-state index contributed by atoms with van der Waals surface area (Å²) in [6.45, 7) is 6.20. The molecule has 0 radical (unpaired) electrons. The van der Waals surface area contributed by atoms with E-state index in [9.17, 15) is 0 Å². The lowest BCUT2D eigenvalue weighted by molar-refractivity contribution is 0.627. The molecule has 2 rings (SSSR count). The SMILES string of the molecule is CNC(C)c1nnn(-c2ccc(Br)cc2C)c1C. The second-order valence-corrected chi connectivity index (χ2v) is 5.33. The summed E-state index contributed by atoms with van der Waals surface area (Å²) in [6, 6.07) is 6.35. The molecule has 96 valence electrons. The summed E-state index contributed by atoms with van der Waals surface area (Å²) >= 11 is 3.47. The Labute approximate surface area is 116 Å². The zero-order valence-electron chi connectivity index (χ0n) is 11.0. The van der Waals surface area contributed by atoms with Gasteiger partial charge >= 0.3 is 0 Å². The monoisotopic (exact) mass is 308 g/mol. The topological polar surface area (TPSA) is 42.7 Å². The average Bonchev–Trinajstić information content (AvgIpc) is 2.70. The highest BCUT2D eigenvalue weighted by Crippen LogP contribution is 2.22. The third kappa shape index (κ3) is 2.33. The number of halogens is 1. The summed E-state index contributed by atoms with van der Waals surface area (Å²) in [7, 11) is 1.92. The molecule has 5 heteroatoms. The van der Waals surface area contributed by atoms with Crippen molar-refractivity contribution in [2.24, 2.45) is 0 Å². The van der Waals surface area contributed by atoms with Gasteiger partial charge in [0, 0.05) is 4.47 Å². The van der Waals surface area contributed by atoms with Gasteiger partial charge in [0.1, 0.15) is 5.69 Å². The molecular formula is C13H17BrN4. The molecule has 0 saturated heterocycles. The largest absolute Gasteiger partial charge is 0.312 e. The highest BCUT2D eigenvalue weighted by molar-refractivity contribution is 9.10. The quantitative estimate of drug-likeness (QED) is 0.948. The highest BCUT2D eigenvalue weighted by Gasteiger charge is 2.15. The van der Waals surface area contributed by atoms with Crippen molar-refractivity contribution in [2.75, 3.05) is 7.05 Å². The van der Waals surface area contributed by atoms with Gasteiger partial charge in [0.2, 0.25) is 0 Å². The van der Waals surface area contributed by atoms with Crippen LogP contribution in [0.5, 0.6) is 0 Å². The van der Waals surface area contributed by atoms with Gasteiger partial charge in [0.05, 0.1) is 17.4 Å². The van der Waals surface area contributed by atoms with Crippen molar-refractivity contribution in [1.82, 2.24) is 20.3 Å². The van der Waals surface area contributed by atoms with E-state index in [0.717, 1.165) is 21.5 Å². The summed E-state index contributed by atoms with van der Waals surface area (Å²) < 4.78 is 2.97. The maximum atomic E-state index is 4.27. The van der Waals surface area contributed by atoms with Crippen LogP contribution in [0.1, 0.15) is 29.9 Å². The number of rotatable bonds is 3. The predicted octanol–water partition coefficient (Wildman–Crippen LogP) is 2.93.